The van der Waals surface area contributed by atoms with E-state index in [0.29, 0.717) is 5.56 Å². The van der Waals surface area contributed by atoms with Gasteiger partial charge in [-0.05, 0) is 11.6 Å². The molecular weight excluding hydrogens is 291 g/mol. The van der Waals surface area contributed by atoms with Crippen LogP contribution in [0.2, 0.25) is 0 Å². The molecule has 1 aromatic rings. The van der Waals surface area contributed by atoms with Gasteiger partial charge in [0, 0.05) is 11.5 Å². The summed E-state index contributed by atoms with van der Waals surface area (Å²) >= 11 is 0. The third-order valence-corrected chi connectivity index (χ3v) is 3.12. The number of halogens is 2. The number of carbonyl (C=O) groups is 1. The van der Waals surface area contributed by atoms with Gasteiger partial charge in [-0.15, -0.1) is 12.4 Å². The van der Waals surface area contributed by atoms with Gasteiger partial charge >= 0.3 is 11.8 Å². The number of benzene rings is 1. The van der Waals surface area contributed by atoms with Crippen molar-refractivity contribution in [3.63, 3.8) is 0 Å². The molecule has 0 radical (unpaired) electrons. The molecule has 1 aromatic carbocycles. The monoisotopic (exact) mass is 304 g/mol. The van der Waals surface area contributed by atoms with Crippen LogP contribution in [0.1, 0.15) is 25.5 Å². The Morgan fingerprint density at radius 1 is 1.50 bits per heavy atom. The van der Waals surface area contributed by atoms with Gasteiger partial charge in [-0.3, -0.25) is 10.1 Å². The molecule has 8 heteroatoms. The Labute approximate surface area is 120 Å². The van der Waals surface area contributed by atoms with Crippen molar-refractivity contribution in [3.05, 3.63) is 39.7 Å². The first kappa shape index (κ1) is 16.2. The SMILES string of the molecule is CC1(C)COC(=O)N[C@H]1c1ccc(F)c([N+](=O)[O-])c1.Cl. The van der Waals surface area contributed by atoms with Crippen molar-refractivity contribution in [2.45, 2.75) is 19.9 Å². The topological polar surface area (TPSA) is 81.5 Å². The second kappa shape index (κ2) is 5.62. The molecule has 20 heavy (non-hydrogen) atoms. The molecule has 1 fully saturated rings. The molecule has 1 amide bonds. The van der Waals surface area contributed by atoms with Gasteiger partial charge in [0.25, 0.3) is 0 Å². The number of amides is 1. The number of nitrogens with zero attached hydrogens (tertiary/aromatic N) is 1. The summed E-state index contributed by atoms with van der Waals surface area (Å²) in [6.45, 7) is 3.90. The Morgan fingerprint density at radius 3 is 2.75 bits per heavy atom. The predicted molar refractivity (Wildman–Crippen MR) is 71.3 cm³/mol. The zero-order valence-electron chi connectivity index (χ0n) is 10.9. The van der Waals surface area contributed by atoms with Crippen LogP contribution in [0, 0.1) is 21.3 Å². The van der Waals surface area contributed by atoms with Crippen molar-refractivity contribution in [1.82, 2.24) is 5.32 Å². The first-order valence-corrected chi connectivity index (χ1v) is 5.68. The van der Waals surface area contributed by atoms with Crippen molar-refractivity contribution in [1.29, 1.82) is 0 Å². The van der Waals surface area contributed by atoms with E-state index in [1.54, 1.807) is 0 Å². The lowest BCUT2D eigenvalue weighted by Crippen LogP contribution is -2.46. The lowest BCUT2D eigenvalue weighted by molar-refractivity contribution is -0.387. The second-order valence-corrected chi connectivity index (χ2v) is 5.11. The van der Waals surface area contributed by atoms with Crippen LogP contribution in [0.3, 0.4) is 0 Å². The van der Waals surface area contributed by atoms with E-state index in [4.69, 9.17) is 4.74 Å². The van der Waals surface area contributed by atoms with E-state index in [2.05, 4.69) is 5.32 Å². The molecule has 0 saturated carbocycles. The van der Waals surface area contributed by atoms with Gasteiger partial charge in [-0.2, -0.15) is 4.39 Å². The smallest absolute Gasteiger partial charge is 0.407 e. The fraction of sp³-hybridized carbons (Fsp3) is 0.417. The summed E-state index contributed by atoms with van der Waals surface area (Å²) in [5.74, 6) is -0.898. The first-order chi connectivity index (χ1) is 8.81. The molecule has 1 aliphatic heterocycles. The number of nitrogens with one attached hydrogen (secondary N) is 1. The first-order valence-electron chi connectivity index (χ1n) is 5.68. The van der Waals surface area contributed by atoms with Crippen molar-refractivity contribution in [2.24, 2.45) is 5.41 Å². The Hall–Kier alpha value is -1.89. The van der Waals surface area contributed by atoms with Crippen molar-refractivity contribution in [2.75, 3.05) is 6.61 Å². The molecule has 1 aliphatic rings. The van der Waals surface area contributed by atoms with Crippen LogP contribution in [0.15, 0.2) is 18.2 Å². The molecule has 1 saturated heterocycles. The van der Waals surface area contributed by atoms with Crippen LogP contribution < -0.4 is 5.32 Å². The quantitative estimate of drug-likeness (QED) is 0.672. The minimum Gasteiger partial charge on any atom is -0.449 e. The fourth-order valence-electron chi connectivity index (χ4n) is 2.07. The third kappa shape index (κ3) is 2.98. The van der Waals surface area contributed by atoms with Crippen molar-refractivity contribution >= 4 is 24.2 Å². The molecule has 1 atom stereocenters. The zero-order chi connectivity index (χ0) is 14.2. The van der Waals surface area contributed by atoms with E-state index in [-0.39, 0.29) is 19.0 Å². The minimum absolute atomic E-state index is 0. The van der Waals surface area contributed by atoms with Gasteiger partial charge in [-0.1, -0.05) is 19.9 Å². The second-order valence-electron chi connectivity index (χ2n) is 5.11. The maximum absolute atomic E-state index is 13.3. The Kier molecular flexibility index (Phi) is 4.54. The van der Waals surface area contributed by atoms with E-state index in [0.717, 1.165) is 12.1 Å². The summed E-state index contributed by atoms with van der Waals surface area (Å²) in [7, 11) is 0. The van der Waals surface area contributed by atoms with E-state index >= 15 is 0 Å². The Bertz CT molecular complexity index is 550. The number of carbonyl (C=O) groups excluding carboxylic acids is 1. The summed E-state index contributed by atoms with van der Waals surface area (Å²) in [5, 5.41) is 13.3. The number of cyclic esters (lactones) is 1. The summed E-state index contributed by atoms with van der Waals surface area (Å²) < 4.78 is 18.2. The van der Waals surface area contributed by atoms with E-state index in [1.807, 2.05) is 13.8 Å². The van der Waals surface area contributed by atoms with Crippen LogP contribution in [-0.2, 0) is 4.74 Å². The molecule has 0 spiro atoms. The van der Waals surface area contributed by atoms with Gasteiger partial charge in [0.1, 0.15) is 6.61 Å². The van der Waals surface area contributed by atoms with E-state index < -0.39 is 34.0 Å². The third-order valence-electron chi connectivity index (χ3n) is 3.12. The van der Waals surface area contributed by atoms with Crippen molar-refractivity contribution < 1.29 is 18.8 Å². The lowest BCUT2D eigenvalue weighted by Gasteiger charge is -2.38. The highest BCUT2D eigenvalue weighted by atomic mass is 35.5. The average molecular weight is 305 g/mol. The summed E-state index contributed by atoms with van der Waals surface area (Å²) in [5.41, 5.74) is -0.566. The number of ether oxygens (including phenoxy) is 1. The lowest BCUT2D eigenvalue weighted by atomic mass is 9.80. The molecule has 0 unspecified atom stereocenters. The van der Waals surface area contributed by atoms with Crippen LogP contribution >= 0.6 is 12.4 Å². The molecule has 0 aromatic heterocycles. The molecule has 110 valence electrons. The molecule has 1 heterocycles. The number of nitro groups is 1. The van der Waals surface area contributed by atoms with Gasteiger partial charge in [0.2, 0.25) is 5.82 Å². The molecule has 0 bridgehead atoms. The van der Waals surface area contributed by atoms with Crippen LogP contribution in [0.5, 0.6) is 0 Å². The van der Waals surface area contributed by atoms with Gasteiger partial charge in [0.15, 0.2) is 0 Å². The van der Waals surface area contributed by atoms with Gasteiger partial charge < -0.3 is 10.1 Å². The number of hydrogen-bond donors (Lipinski definition) is 1. The normalized spacial score (nSPS) is 20.4. The maximum Gasteiger partial charge on any atom is 0.407 e. The highest BCUT2D eigenvalue weighted by Crippen LogP contribution is 2.37. The minimum atomic E-state index is -0.898. The molecule has 0 aliphatic carbocycles. The Morgan fingerprint density at radius 2 is 2.15 bits per heavy atom. The van der Waals surface area contributed by atoms with Crippen LogP contribution in [-0.4, -0.2) is 17.6 Å². The fourth-order valence-corrected chi connectivity index (χ4v) is 2.07. The zero-order valence-corrected chi connectivity index (χ0v) is 11.7. The predicted octanol–water partition coefficient (Wildman–Crippen LogP) is 2.96. The summed E-state index contributed by atoms with van der Waals surface area (Å²) in [6, 6.07) is 3.15. The van der Waals surface area contributed by atoms with Gasteiger partial charge in [-0.25, -0.2) is 4.79 Å². The number of hydrogen-bond acceptors (Lipinski definition) is 4. The number of rotatable bonds is 2. The molecule has 1 N–H and O–H groups in total. The van der Waals surface area contributed by atoms with Crippen LogP contribution in [0.25, 0.3) is 0 Å². The molecule has 2 rings (SSSR count). The van der Waals surface area contributed by atoms with Crippen molar-refractivity contribution in [3.8, 4) is 0 Å². The maximum atomic E-state index is 13.3. The van der Waals surface area contributed by atoms with Gasteiger partial charge in [0.05, 0.1) is 11.0 Å². The standard InChI is InChI=1S/C12H13FN2O4.ClH/c1-12(2)6-19-11(16)14-10(12)7-3-4-8(13)9(5-7)15(17)18;/h3-5,10H,6H2,1-2H3,(H,14,16);1H/t10-;/m0./s1. The molecule has 6 nitrogen and oxygen atoms in total. The highest BCUT2D eigenvalue weighted by Gasteiger charge is 2.38. The average Bonchev–Trinajstić information content (AvgIpc) is 2.33. The number of nitro benzene ring substituents is 1. The Balaban J connectivity index is 0.00000200. The van der Waals surface area contributed by atoms with E-state index in [9.17, 15) is 19.3 Å². The van der Waals surface area contributed by atoms with E-state index in [1.165, 1.54) is 6.07 Å². The molecular formula is C12H14ClFN2O4. The summed E-state index contributed by atoms with van der Waals surface area (Å²) in [4.78, 5) is 21.2. The number of alkyl carbamates (subject to hydrolysis) is 1. The summed E-state index contributed by atoms with van der Waals surface area (Å²) in [6.07, 6.45) is -0.587. The van der Waals surface area contributed by atoms with Crippen LogP contribution in [0.4, 0.5) is 14.9 Å². The largest absolute Gasteiger partial charge is 0.449 e. The highest BCUT2D eigenvalue weighted by molar-refractivity contribution is 5.85.